The van der Waals surface area contributed by atoms with E-state index < -0.39 is 12.0 Å². The van der Waals surface area contributed by atoms with E-state index >= 15 is 0 Å². The zero-order chi connectivity index (χ0) is 14.3. The monoisotopic (exact) mass is 270 g/mol. The number of aliphatic hydroxyl groups excluding tert-OH is 1. The molecule has 19 heavy (non-hydrogen) atoms. The highest BCUT2D eigenvalue weighted by Crippen LogP contribution is 2.19. The van der Waals surface area contributed by atoms with Gasteiger partial charge in [0.05, 0.1) is 0 Å². The standard InChI is InChI=1S/C13H22N2O4/c1-2-4-11(12(17)18)14-13(19)15-7-3-5-10(9-15)6-8-16/h2,10-11,16H,1,3-9H2,(H,14,19)(H,17,18). The highest BCUT2D eigenvalue weighted by molar-refractivity contribution is 5.82. The van der Waals surface area contributed by atoms with Gasteiger partial charge >= 0.3 is 12.0 Å². The van der Waals surface area contributed by atoms with Crippen LogP contribution in [0.3, 0.4) is 0 Å². The Morgan fingerprint density at radius 1 is 1.53 bits per heavy atom. The van der Waals surface area contributed by atoms with Crippen molar-refractivity contribution in [2.45, 2.75) is 31.7 Å². The Kier molecular flexibility index (Phi) is 6.35. The summed E-state index contributed by atoms with van der Waals surface area (Å²) in [5.74, 6) is -0.760. The molecule has 0 aromatic heterocycles. The van der Waals surface area contributed by atoms with Gasteiger partial charge in [-0.25, -0.2) is 9.59 Å². The Labute approximate surface area is 113 Å². The first-order valence-corrected chi connectivity index (χ1v) is 6.58. The number of carbonyl (C=O) groups excluding carboxylic acids is 1. The molecule has 2 amide bonds. The maximum Gasteiger partial charge on any atom is 0.326 e. The van der Waals surface area contributed by atoms with E-state index in [1.165, 1.54) is 6.08 Å². The summed E-state index contributed by atoms with van der Waals surface area (Å²) in [4.78, 5) is 24.6. The zero-order valence-electron chi connectivity index (χ0n) is 11.0. The summed E-state index contributed by atoms with van der Waals surface area (Å²) in [5, 5.41) is 20.4. The van der Waals surface area contributed by atoms with Crippen LogP contribution in [0.15, 0.2) is 12.7 Å². The lowest BCUT2D eigenvalue weighted by atomic mass is 9.95. The van der Waals surface area contributed by atoms with Gasteiger partial charge in [-0.1, -0.05) is 6.08 Å². The van der Waals surface area contributed by atoms with Crippen molar-refractivity contribution in [3.8, 4) is 0 Å². The van der Waals surface area contributed by atoms with Crippen molar-refractivity contribution in [2.75, 3.05) is 19.7 Å². The number of aliphatic hydroxyl groups is 1. The molecule has 3 N–H and O–H groups in total. The number of carboxylic acids is 1. The number of carbonyl (C=O) groups is 2. The second-order valence-corrected chi connectivity index (χ2v) is 4.83. The van der Waals surface area contributed by atoms with Gasteiger partial charge < -0.3 is 20.4 Å². The number of aliphatic carboxylic acids is 1. The van der Waals surface area contributed by atoms with Crippen molar-refractivity contribution in [1.29, 1.82) is 0 Å². The summed E-state index contributed by atoms with van der Waals surface area (Å²) in [6, 6.07) is -1.28. The summed E-state index contributed by atoms with van der Waals surface area (Å²) < 4.78 is 0. The Morgan fingerprint density at radius 2 is 2.26 bits per heavy atom. The van der Waals surface area contributed by atoms with Crippen LogP contribution in [0.4, 0.5) is 4.79 Å². The average molecular weight is 270 g/mol. The third-order valence-electron chi connectivity index (χ3n) is 3.34. The first-order valence-electron chi connectivity index (χ1n) is 6.58. The molecule has 1 saturated heterocycles. The smallest absolute Gasteiger partial charge is 0.326 e. The van der Waals surface area contributed by atoms with E-state index in [-0.39, 0.29) is 19.1 Å². The van der Waals surface area contributed by atoms with Crippen LogP contribution in [0.5, 0.6) is 0 Å². The molecule has 0 bridgehead atoms. The Bertz CT molecular complexity index is 331. The molecule has 2 atom stereocenters. The van der Waals surface area contributed by atoms with Crippen LogP contribution in [0.1, 0.15) is 25.7 Å². The van der Waals surface area contributed by atoms with E-state index in [4.69, 9.17) is 10.2 Å². The van der Waals surface area contributed by atoms with Crippen molar-refractivity contribution >= 4 is 12.0 Å². The molecule has 6 heteroatoms. The number of amides is 2. The summed E-state index contributed by atoms with van der Waals surface area (Å²) >= 11 is 0. The van der Waals surface area contributed by atoms with Gasteiger partial charge in [-0.15, -0.1) is 6.58 Å². The lowest BCUT2D eigenvalue weighted by Crippen LogP contribution is -2.50. The molecule has 0 radical (unpaired) electrons. The molecule has 1 heterocycles. The largest absolute Gasteiger partial charge is 0.480 e. The quantitative estimate of drug-likeness (QED) is 0.623. The SMILES string of the molecule is C=CCC(NC(=O)N1CCCC(CCO)C1)C(=O)O. The second kappa shape index (κ2) is 7.78. The summed E-state index contributed by atoms with van der Waals surface area (Å²) in [7, 11) is 0. The van der Waals surface area contributed by atoms with Crippen molar-refractivity contribution in [3.05, 3.63) is 12.7 Å². The Morgan fingerprint density at radius 3 is 2.84 bits per heavy atom. The predicted octanol–water partition coefficient (Wildman–Crippen LogP) is 0.820. The fourth-order valence-corrected chi connectivity index (χ4v) is 2.30. The third kappa shape index (κ3) is 4.90. The number of nitrogens with zero attached hydrogens (tertiary/aromatic N) is 1. The van der Waals surface area contributed by atoms with Gasteiger partial charge in [-0.05, 0) is 31.6 Å². The number of piperidine rings is 1. The molecule has 0 spiro atoms. The maximum atomic E-state index is 12.0. The topological polar surface area (TPSA) is 89.9 Å². The van der Waals surface area contributed by atoms with Crippen LogP contribution in [0.25, 0.3) is 0 Å². The lowest BCUT2D eigenvalue weighted by Gasteiger charge is -2.33. The first kappa shape index (κ1) is 15.5. The zero-order valence-corrected chi connectivity index (χ0v) is 11.0. The molecule has 1 rings (SSSR count). The molecule has 0 saturated carbocycles. The van der Waals surface area contributed by atoms with Crippen LogP contribution in [0.2, 0.25) is 0 Å². The lowest BCUT2D eigenvalue weighted by molar-refractivity contribution is -0.139. The number of hydrogen-bond acceptors (Lipinski definition) is 3. The molecule has 2 unspecified atom stereocenters. The molecule has 1 fully saturated rings. The number of carboxylic acid groups (broad SMARTS) is 1. The van der Waals surface area contributed by atoms with Gasteiger partial charge in [0.25, 0.3) is 0 Å². The van der Waals surface area contributed by atoms with Gasteiger partial charge in [0, 0.05) is 19.7 Å². The van der Waals surface area contributed by atoms with Crippen molar-refractivity contribution < 1.29 is 19.8 Å². The average Bonchev–Trinajstić information content (AvgIpc) is 2.38. The number of hydrogen-bond donors (Lipinski definition) is 3. The van der Waals surface area contributed by atoms with E-state index in [0.717, 1.165) is 12.8 Å². The van der Waals surface area contributed by atoms with Crippen molar-refractivity contribution in [1.82, 2.24) is 10.2 Å². The number of nitrogens with one attached hydrogen (secondary N) is 1. The minimum absolute atomic E-state index is 0.119. The Hall–Kier alpha value is -1.56. The molecule has 1 aliphatic rings. The van der Waals surface area contributed by atoms with Crippen LogP contribution in [-0.2, 0) is 4.79 Å². The van der Waals surface area contributed by atoms with Crippen molar-refractivity contribution in [3.63, 3.8) is 0 Å². The number of rotatable bonds is 6. The van der Waals surface area contributed by atoms with E-state index in [1.807, 2.05) is 0 Å². The van der Waals surface area contributed by atoms with E-state index in [1.54, 1.807) is 4.90 Å². The highest BCUT2D eigenvalue weighted by Gasteiger charge is 2.26. The number of likely N-dealkylation sites (tertiary alicyclic amines) is 1. The minimum Gasteiger partial charge on any atom is -0.480 e. The predicted molar refractivity (Wildman–Crippen MR) is 70.8 cm³/mol. The van der Waals surface area contributed by atoms with E-state index in [2.05, 4.69) is 11.9 Å². The van der Waals surface area contributed by atoms with Crippen LogP contribution >= 0.6 is 0 Å². The molecular formula is C13H22N2O4. The fourth-order valence-electron chi connectivity index (χ4n) is 2.30. The maximum absolute atomic E-state index is 12.0. The summed E-state index contributed by atoms with van der Waals surface area (Å²) in [5.41, 5.74) is 0. The second-order valence-electron chi connectivity index (χ2n) is 4.83. The van der Waals surface area contributed by atoms with E-state index in [9.17, 15) is 9.59 Å². The van der Waals surface area contributed by atoms with E-state index in [0.29, 0.717) is 25.4 Å². The summed E-state index contributed by atoms with van der Waals surface area (Å²) in [6.45, 7) is 4.81. The highest BCUT2D eigenvalue weighted by atomic mass is 16.4. The Balaban J connectivity index is 2.51. The van der Waals surface area contributed by atoms with Gasteiger partial charge in [-0.2, -0.15) is 0 Å². The normalized spacial score (nSPS) is 20.7. The van der Waals surface area contributed by atoms with Gasteiger partial charge in [0.1, 0.15) is 6.04 Å². The number of urea groups is 1. The first-order chi connectivity index (χ1) is 9.08. The van der Waals surface area contributed by atoms with Crippen LogP contribution < -0.4 is 5.32 Å². The van der Waals surface area contributed by atoms with Gasteiger partial charge in [0.15, 0.2) is 0 Å². The van der Waals surface area contributed by atoms with Crippen LogP contribution in [0, 0.1) is 5.92 Å². The molecule has 1 aliphatic heterocycles. The van der Waals surface area contributed by atoms with Crippen molar-refractivity contribution in [2.24, 2.45) is 5.92 Å². The molecule has 0 aromatic carbocycles. The molecule has 0 aliphatic carbocycles. The molecule has 0 aromatic rings. The summed E-state index contributed by atoms with van der Waals surface area (Å²) in [6.07, 6.45) is 4.24. The fraction of sp³-hybridized carbons (Fsp3) is 0.692. The molecule has 108 valence electrons. The van der Waals surface area contributed by atoms with Gasteiger partial charge in [-0.3, -0.25) is 0 Å². The minimum atomic E-state index is -1.06. The third-order valence-corrected chi connectivity index (χ3v) is 3.34. The molecular weight excluding hydrogens is 248 g/mol. The van der Waals surface area contributed by atoms with Crippen LogP contribution in [-0.4, -0.2) is 52.9 Å². The molecule has 6 nitrogen and oxygen atoms in total. The van der Waals surface area contributed by atoms with Gasteiger partial charge in [0.2, 0.25) is 0 Å².